The zero-order valence-electron chi connectivity index (χ0n) is 10.7. The van der Waals surface area contributed by atoms with Gasteiger partial charge >= 0.3 is 0 Å². The molecule has 2 fully saturated rings. The number of aliphatic hydroxyl groups is 1. The third-order valence-corrected chi connectivity index (χ3v) is 4.20. The zero-order valence-corrected chi connectivity index (χ0v) is 10.7. The molecule has 1 N–H and O–H groups in total. The Kier molecular flexibility index (Phi) is 2.64. The van der Waals surface area contributed by atoms with E-state index >= 15 is 0 Å². The monoisotopic (exact) mass is 250 g/mol. The molecule has 3 heterocycles. The van der Waals surface area contributed by atoms with Gasteiger partial charge in [0.05, 0.1) is 12.6 Å². The quantitative estimate of drug-likeness (QED) is 0.735. The summed E-state index contributed by atoms with van der Waals surface area (Å²) >= 11 is 0. The van der Waals surface area contributed by atoms with E-state index in [-0.39, 0.29) is 17.9 Å². The lowest BCUT2D eigenvalue weighted by atomic mass is 10.0. The van der Waals surface area contributed by atoms with Crippen LogP contribution in [0.3, 0.4) is 0 Å². The van der Waals surface area contributed by atoms with Crippen molar-refractivity contribution in [2.45, 2.75) is 18.7 Å². The van der Waals surface area contributed by atoms with Gasteiger partial charge < -0.3 is 14.6 Å². The second-order valence-corrected chi connectivity index (χ2v) is 5.27. The van der Waals surface area contributed by atoms with Crippen LogP contribution in [0, 0.1) is 5.92 Å². The van der Waals surface area contributed by atoms with Crippen LogP contribution in [-0.2, 0) is 18.4 Å². The first-order chi connectivity index (χ1) is 8.58. The molecule has 2 saturated heterocycles. The van der Waals surface area contributed by atoms with Gasteiger partial charge in [0.25, 0.3) is 5.91 Å². The summed E-state index contributed by atoms with van der Waals surface area (Å²) in [6.45, 7) is 2.34. The Bertz CT molecular complexity index is 452. The van der Waals surface area contributed by atoms with Gasteiger partial charge in [-0.3, -0.25) is 9.69 Å². The third-order valence-electron chi connectivity index (χ3n) is 4.20. The minimum atomic E-state index is -0.827. The van der Waals surface area contributed by atoms with E-state index in [0.29, 0.717) is 0 Å². The van der Waals surface area contributed by atoms with Gasteiger partial charge in [-0.15, -0.1) is 0 Å². The Hall–Kier alpha value is -1.40. The van der Waals surface area contributed by atoms with Crippen LogP contribution in [0.1, 0.15) is 5.82 Å². The number of nitrogens with zero attached hydrogens (tertiary/aromatic N) is 4. The van der Waals surface area contributed by atoms with Gasteiger partial charge in [0.2, 0.25) is 0 Å². The number of carbonyl (C=O) groups is 1. The van der Waals surface area contributed by atoms with Gasteiger partial charge in [-0.2, -0.15) is 0 Å². The molecule has 0 aromatic carbocycles. The Morgan fingerprint density at radius 1 is 1.44 bits per heavy atom. The highest BCUT2D eigenvalue weighted by atomic mass is 16.3. The summed E-state index contributed by atoms with van der Waals surface area (Å²) < 4.78 is 2.00. The molecule has 0 bridgehead atoms. The number of hydrogen-bond donors (Lipinski definition) is 1. The van der Waals surface area contributed by atoms with Gasteiger partial charge in [0.1, 0.15) is 11.9 Å². The highest BCUT2D eigenvalue weighted by molar-refractivity contribution is 5.84. The molecule has 6 nitrogen and oxygen atoms in total. The van der Waals surface area contributed by atoms with E-state index in [0.717, 1.165) is 25.5 Å². The molecule has 3 rings (SSSR count). The molecule has 3 atom stereocenters. The lowest BCUT2D eigenvalue weighted by Crippen LogP contribution is -2.36. The first-order valence-corrected chi connectivity index (χ1v) is 6.21. The number of aryl methyl sites for hydroxylation is 1. The first kappa shape index (κ1) is 11.7. The summed E-state index contributed by atoms with van der Waals surface area (Å²) in [6, 6.07) is 0.146. The van der Waals surface area contributed by atoms with E-state index in [1.807, 2.05) is 17.8 Å². The average molecular weight is 250 g/mol. The van der Waals surface area contributed by atoms with Crippen molar-refractivity contribution >= 4 is 5.91 Å². The molecule has 6 heteroatoms. The summed E-state index contributed by atoms with van der Waals surface area (Å²) in [7, 11) is 3.75. The summed E-state index contributed by atoms with van der Waals surface area (Å²) in [5, 5.41) is 9.90. The van der Waals surface area contributed by atoms with Gasteiger partial charge in [-0.05, 0) is 0 Å². The second kappa shape index (κ2) is 4.07. The molecule has 0 aliphatic carbocycles. The fraction of sp³-hybridized carbons (Fsp3) is 0.667. The molecule has 2 aliphatic heterocycles. The number of fused-ring (bicyclic) bond motifs is 1. The van der Waals surface area contributed by atoms with E-state index in [4.69, 9.17) is 0 Å². The molecular formula is C12H18N4O2. The maximum absolute atomic E-state index is 11.6. The summed E-state index contributed by atoms with van der Waals surface area (Å²) in [4.78, 5) is 19.9. The van der Waals surface area contributed by atoms with Crippen LogP contribution in [0.2, 0.25) is 0 Å². The number of likely N-dealkylation sites (N-methyl/N-ethyl adjacent to an activating group) is 1. The second-order valence-electron chi connectivity index (χ2n) is 5.27. The maximum Gasteiger partial charge on any atom is 0.251 e. The number of imidazole rings is 1. The summed E-state index contributed by atoms with van der Waals surface area (Å²) in [6.07, 6.45) is 2.89. The molecule has 1 amide bonds. The van der Waals surface area contributed by atoms with Crippen molar-refractivity contribution in [1.29, 1.82) is 0 Å². The SMILES string of the molecule is CN1C(=O)[C@@H](O)[C@H]2CN(Cc3nccn3C)C[C@H]21. The fourth-order valence-electron chi connectivity index (χ4n) is 3.05. The zero-order chi connectivity index (χ0) is 12.9. The lowest BCUT2D eigenvalue weighted by molar-refractivity contribution is -0.135. The van der Waals surface area contributed by atoms with E-state index in [1.54, 1.807) is 18.1 Å². The van der Waals surface area contributed by atoms with Crippen molar-refractivity contribution in [1.82, 2.24) is 19.4 Å². The van der Waals surface area contributed by atoms with Crippen LogP contribution in [0.25, 0.3) is 0 Å². The Labute approximate surface area is 106 Å². The van der Waals surface area contributed by atoms with Crippen molar-refractivity contribution in [3.63, 3.8) is 0 Å². The largest absolute Gasteiger partial charge is 0.383 e. The number of hydrogen-bond acceptors (Lipinski definition) is 4. The van der Waals surface area contributed by atoms with Crippen molar-refractivity contribution in [3.05, 3.63) is 18.2 Å². The van der Waals surface area contributed by atoms with Gasteiger partial charge in [-0.25, -0.2) is 4.98 Å². The molecule has 1 aromatic heterocycles. The number of likely N-dealkylation sites (tertiary alicyclic amines) is 2. The smallest absolute Gasteiger partial charge is 0.251 e. The molecule has 2 aliphatic rings. The number of rotatable bonds is 2. The predicted molar refractivity (Wildman–Crippen MR) is 64.5 cm³/mol. The van der Waals surface area contributed by atoms with Gasteiger partial charge in [0.15, 0.2) is 0 Å². The van der Waals surface area contributed by atoms with Gasteiger partial charge in [0, 0.05) is 45.5 Å². The first-order valence-electron chi connectivity index (χ1n) is 6.21. The average Bonchev–Trinajstić information content (AvgIpc) is 2.98. The van der Waals surface area contributed by atoms with E-state index in [1.165, 1.54) is 0 Å². The standard InChI is InChI=1S/C12H18N4O2/c1-14-4-3-13-10(14)7-16-5-8-9(6-16)15(2)12(18)11(8)17/h3-4,8-9,11,17H,5-7H2,1-2H3/t8-,9+,11-/m0/s1. The summed E-state index contributed by atoms with van der Waals surface area (Å²) in [5.74, 6) is 0.919. The van der Waals surface area contributed by atoms with Crippen LogP contribution in [0.15, 0.2) is 12.4 Å². The number of aromatic nitrogens is 2. The van der Waals surface area contributed by atoms with Crippen LogP contribution in [0.5, 0.6) is 0 Å². The lowest BCUT2D eigenvalue weighted by Gasteiger charge is -2.20. The number of amides is 1. The van der Waals surface area contributed by atoms with Crippen LogP contribution >= 0.6 is 0 Å². The maximum atomic E-state index is 11.6. The molecule has 0 saturated carbocycles. The number of carbonyl (C=O) groups excluding carboxylic acids is 1. The molecule has 0 radical (unpaired) electrons. The van der Waals surface area contributed by atoms with Crippen LogP contribution in [-0.4, -0.2) is 62.6 Å². The van der Waals surface area contributed by atoms with Gasteiger partial charge in [-0.1, -0.05) is 0 Å². The van der Waals surface area contributed by atoms with E-state index in [9.17, 15) is 9.90 Å². The highest BCUT2D eigenvalue weighted by Gasteiger charge is 2.50. The van der Waals surface area contributed by atoms with E-state index < -0.39 is 6.10 Å². The Morgan fingerprint density at radius 2 is 2.22 bits per heavy atom. The molecule has 0 spiro atoms. The highest BCUT2D eigenvalue weighted by Crippen LogP contribution is 2.32. The van der Waals surface area contributed by atoms with E-state index in [2.05, 4.69) is 9.88 Å². The topological polar surface area (TPSA) is 61.6 Å². The Balaban J connectivity index is 1.70. The van der Waals surface area contributed by atoms with Crippen molar-refractivity contribution in [2.24, 2.45) is 13.0 Å². The molecule has 18 heavy (non-hydrogen) atoms. The molecule has 1 aromatic rings. The minimum absolute atomic E-state index is 0.0442. The number of aliphatic hydroxyl groups excluding tert-OH is 1. The normalized spacial score (nSPS) is 32.3. The fourth-order valence-corrected chi connectivity index (χ4v) is 3.05. The Morgan fingerprint density at radius 3 is 2.83 bits per heavy atom. The predicted octanol–water partition coefficient (Wildman–Crippen LogP) is -0.947. The van der Waals surface area contributed by atoms with Crippen molar-refractivity contribution in [3.8, 4) is 0 Å². The van der Waals surface area contributed by atoms with Crippen molar-refractivity contribution in [2.75, 3.05) is 20.1 Å². The van der Waals surface area contributed by atoms with Crippen molar-refractivity contribution < 1.29 is 9.90 Å². The van der Waals surface area contributed by atoms with Crippen LogP contribution in [0.4, 0.5) is 0 Å². The molecule has 0 unspecified atom stereocenters. The third kappa shape index (κ3) is 1.64. The summed E-state index contributed by atoms with van der Waals surface area (Å²) in [5.41, 5.74) is 0. The van der Waals surface area contributed by atoms with Crippen LogP contribution < -0.4 is 0 Å². The molecule has 98 valence electrons. The minimum Gasteiger partial charge on any atom is -0.383 e. The molecular weight excluding hydrogens is 232 g/mol.